The second kappa shape index (κ2) is 11.5. The monoisotopic (exact) mass is 463 g/mol. The van der Waals surface area contributed by atoms with Crippen molar-refractivity contribution < 1.29 is 23.5 Å². The number of hydrogen-bond acceptors (Lipinski definition) is 5. The molecule has 1 aliphatic rings. The van der Waals surface area contributed by atoms with Gasteiger partial charge in [0.15, 0.2) is 0 Å². The van der Waals surface area contributed by atoms with Gasteiger partial charge in [0, 0.05) is 29.9 Å². The van der Waals surface area contributed by atoms with Crippen LogP contribution in [0.15, 0.2) is 42.5 Å². The Morgan fingerprint density at radius 2 is 1.97 bits per heavy atom. The summed E-state index contributed by atoms with van der Waals surface area (Å²) in [5, 5.41) is 5.41. The Hall–Kier alpha value is -3.13. The summed E-state index contributed by atoms with van der Waals surface area (Å²) < 4.78 is 18.6. The van der Waals surface area contributed by atoms with Crippen LogP contribution in [0, 0.1) is 5.82 Å². The van der Waals surface area contributed by atoms with E-state index in [0.717, 1.165) is 23.0 Å². The van der Waals surface area contributed by atoms with E-state index in [1.54, 1.807) is 0 Å². The topological polar surface area (TPSA) is 87.7 Å². The number of carbonyl (C=O) groups is 3. The maximum Gasteiger partial charge on any atom is 0.328 e. The summed E-state index contributed by atoms with van der Waals surface area (Å²) >= 11 is 0. The quantitative estimate of drug-likeness (QED) is 0.586. The van der Waals surface area contributed by atoms with E-state index in [0.29, 0.717) is 25.9 Å². The average Bonchev–Trinajstić information content (AvgIpc) is 2.76. The molecule has 32 heavy (non-hydrogen) atoms. The highest BCUT2D eigenvalue weighted by molar-refractivity contribution is 5.97. The van der Waals surface area contributed by atoms with Gasteiger partial charge in [0.1, 0.15) is 18.5 Å². The minimum Gasteiger partial charge on any atom is -0.462 e. The third-order valence-electron chi connectivity index (χ3n) is 5.14. The maximum absolute atomic E-state index is 13.3. The van der Waals surface area contributed by atoms with E-state index in [2.05, 4.69) is 15.5 Å². The van der Waals surface area contributed by atoms with E-state index in [1.165, 1.54) is 25.1 Å². The number of esters is 1. The summed E-state index contributed by atoms with van der Waals surface area (Å²) in [5.41, 5.74) is 3.03. The molecule has 1 aliphatic heterocycles. The summed E-state index contributed by atoms with van der Waals surface area (Å²) in [5.74, 6) is -1.62. The molecular formula is C23H27ClFN3O4. The lowest BCUT2D eigenvalue weighted by molar-refractivity contribution is -0.145. The fraction of sp³-hybridized carbons (Fsp3) is 0.348. The van der Waals surface area contributed by atoms with E-state index in [9.17, 15) is 18.8 Å². The van der Waals surface area contributed by atoms with Crippen LogP contribution in [0.25, 0.3) is 0 Å². The number of nitrogens with zero attached hydrogens (tertiary/aromatic N) is 1. The Kier molecular flexibility index (Phi) is 9.02. The summed E-state index contributed by atoms with van der Waals surface area (Å²) in [6.45, 7) is 4.84. The minimum absolute atomic E-state index is 0. The molecule has 7 nitrogen and oxygen atoms in total. The Morgan fingerprint density at radius 1 is 1.22 bits per heavy atom. The lowest BCUT2D eigenvalue weighted by atomic mass is 10.00. The van der Waals surface area contributed by atoms with Crippen LogP contribution in [0.5, 0.6) is 0 Å². The molecule has 2 amide bonds. The van der Waals surface area contributed by atoms with Crippen molar-refractivity contribution in [3.63, 3.8) is 0 Å². The number of ether oxygens (including phenoxy) is 1. The van der Waals surface area contributed by atoms with Gasteiger partial charge in [-0.3, -0.25) is 9.59 Å². The smallest absolute Gasteiger partial charge is 0.328 e. The van der Waals surface area contributed by atoms with E-state index < -0.39 is 23.7 Å². The van der Waals surface area contributed by atoms with Crippen LogP contribution in [-0.2, 0) is 20.7 Å². The van der Waals surface area contributed by atoms with Crippen molar-refractivity contribution in [2.24, 2.45) is 0 Å². The maximum atomic E-state index is 13.3. The van der Waals surface area contributed by atoms with Gasteiger partial charge in [-0.2, -0.15) is 0 Å². The van der Waals surface area contributed by atoms with Gasteiger partial charge in [0.2, 0.25) is 5.91 Å². The molecule has 0 saturated carbocycles. The molecular weight excluding hydrogens is 437 g/mol. The summed E-state index contributed by atoms with van der Waals surface area (Å²) in [7, 11) is 0. The van der Waals surface area contributed by atoms with Crippen LogP contribution in [0.1, 0.15) is 36.2 Å². The zero-order valence-corrected chi connectivity index (χ0v) is 18.8. The second-order valence-electron chi connectivity index (χ2n) is 7.30. The van der Waals surface area contributed by atoms with E-state index >= 15 is 0 Å². The Morgan fingerprint density at radius 3 is 2.69 bits per heavy atom. The van der Waals surface area contributed by atoms with Crippen molar-refractivity contribution in [2.45, 2.75) is 32.7 Å². The van der Waals surface area contributed by atoms with Gasteiger partial charge in [-0.05, 0) is 56.2 Å². The van der Waals surface area contributed by atoms with Crippen LogP contribution < -0.4 is 15.5 Å². The van der Waals surface area contributed by atoms with Crippen LogP contribution >= 0.6 is 12.4 Å². The van der Waals surface area contributed by atoms with Gasteiger partial charge in [-0.15, -0.1) is 12.4 Å². The van der Waals surface area contributed by atoms with E-state index in [-0.39, 0.29) is 30.5 Å². The zero-order chi connectivity index (χ0) is 22.4. The number of benzene rings is 2. The molecule has 2 aromatic carbocycles. The molecule has 0 bridgehead atoms. The average molecular weight is 464 g/mol. The largest absolute Gasteiger partial charge is 0.462 e. The molecule has 0 fully saturated rings. The lowest BCUT2D eigenvalue weighted by Crippen LogP contribution is -2.40. The van der Waals surface area contributed by atoms with Crippen LogP contribution in [-0.4, -0.2) is 43.5 Å². The number of carbonyl (C=O) groups excluding carboxylic acids is 3. The predicted octanol–water partition coefficient (Wildman–Crippen LogP) is 3.32. The number of anilines is 2. The highest BCUT2D eigenvalue weighted by Gasteiger charge is 2.21. The van der Waals surface area contributed by atoms with Crippen molar-refractivity contribution in [2.75, 3.05) is 29.9 Å². The standard InChI is InChI=1S/C23H26FN3O4.ClH/c1-3-27(20-9-5-8-19-18(20)10-11-21(28)26-19)12-13-31-23(30)15(2)25-22(29)16-6-4-7-17(24)14-16;/h4-9,14-15H,3,10-13H2,1-2H3,(H,25,29)(H,26,28);1H/t15-;/m0./s1. The van der Waals surface area contributed by atoms with Crippen LogP contribution in [0.3, 0.4) is 0 Å². The number of hydrogen-bond donors (Lipinski definition) is 2. The van der Waals surface area contributed by atoms with Gasteiger partial charge >= 0.3 is 5.97 Å². The highest BCUT2D eigenvalue weighted by atomic mass is 35.5. The van der Waals surface area contributed by atoms with Crippen molar-refractivity contribution in [3.8, 4) is 0 Å². The molecule has 172 valence electrons. The lowest BCUT2D eigenvalue weighted by Gasteiger charge is -2.29. The van der Waals surface area contributed by atoms with Crippen molar-refractivity contribution >= 4 is 41.6 Å². The molecule has 0 aliphatic carbocycles. The molecule has 0 saturated heterocycles. The molecule has 0 spiro atoms. The third kappa shape index (κ3) is 6.20. The number of nitrogens with one attached hydrogen (secondary N) is 2. The van der Waals surface area contributed by atoms with Gasteiger partial charge < -0.3 is 20.3 Å². The number of halogens is 2. The number of fused-ring (bicyclic) bond motifs is 1. The normalized spacial score (nSPS) is 13.2. The SMILES string of the molecule is CCN(CCOC(=O)[C@H](C)NC(=O)c1cccc(F)c1)c1cccc2c1CCC(=O)N2.Cl. The number of amides is 2. The van der Waals surface area contributed by atoms with Crippen LogP contribution in [0.2, 0.25) is 0 Å². The zero-order valence-electron chi connectivity index (χ0n) is 18.0. The second-order valence-corrected chi connectivity index (χ2v) is 7.30. The van der Waals surface area contributed by atoms with E-state index in [1.807, 2.05) is 25.1 Å². The van der Waals surface area contributed by atoms with Crippen molar-refractivity contribution in [1.29, 1.82) is 0 Å². The summed E-state index contributed by atoms with van der Waals surface area (Å²) in [6, 6.07) is 10.1. The minimum atomic E-state index is -0.870. The number of rotatable bonds is 8. The Balaban J connectivity index is 0.00000363. The van der Waals surface area contributed by atoms with Crippen molar-refractivity contribution in [3.05, 3.63) is 59.4 Å². The first-order valence-electron chi connectivity index (χ1n) is 10.3. The molecule has 1 heterocycles. The van der Waals surface area contributed by atoms with Gasteiger partial charge in [-0.1, -0.05) is 12.1 Å². The molecule has 0 radical (unpaired) electrons. The van der Waals surface area contributed by atoms with Gasteiger partial charge in [-0.25, -0.2) is 9.18 Å². The first-order chi connectivity index (χ1) is 14.9. The Labute approximate surface area is 192 Å². The molecule has 1 atom stereocenters. The Bertz CT molecular complexity index is 985. The molecule has 0 aromatic heterocycles. The van der Waals surface area contributed by atoms with Gasteiger partial charge in [0.05, 0.1) is 6.54 Å². The molecule has 9 heteroatoms. The third-order valence-corrected chi connectivity index (χ3v) is 5.14. The first-order valence-corrected chi connectivity index (χ1v) is 10.3. The molecule has 3 rings (SSSR count). The molecule has 0 unspecified atom stereocenters. The first kappa shape index (κ1) is 25.1. The fourth-order valence-corrected chi connectivity index (χ4v) is 3.50. The molecule has 2 aromatic rings. The predicted molar refractivity (Wildman–Crippen MR) is 123 cm³/mol. The number of likely N-dealkylation sites (N-methyl/N-ethyl adjacent to an activating group) is 1. The fourth-order valence-electron chi connectivity index (χ4n) is 3.50. The highest BCUT2D eigenvalue weighted by Crippen LogP contribution is 2.31. The summed E-state index contributed by atoms with van der Waals surface area (Å²) in [6.07, 6.45) is 1.11. The summed E-state index contributed by atoms with van der Waals surface area (Å²) in [4.78, 5) is 38.2. The van der Waals surface area contributed by atoms with Gasteiger partial charge in [0.25, 0.3) is 5.91 Å². The van der Waals surface area contributed by atoms with Crippen molar-refractivity contribution in [1.82, 2.24) is 5.32 Å². The molecule has 2 N–H and O–H groups in total. The van der Waals surface area contributed by atoms with Crippen LogP contribution in [0.4, 0.5) is 15.8 Å². The van der Waals surface area contributed by atoms with E-state index in [4.69, 9.17) is 4.74 Å².